The zero-order chi connectivity index (χ0) is 7.14. The molecule has 0 aromatic carbocycles. The normalized spacial score (nSPS) is 30.8. The third kappa shape index (κ3) is 0.719. The fourth-order valence-corrected chi connectivity index (χ4v) is 1.73. The van der Waals surface area contributed by atoms with Crippen LogP contribution in [-0.4, -0.2) is 11.6 Å². The van der Waals surface area contributed by atoms with E-state index in [2.05, 4.69) is 0 Å². The fraction of sp³-hybridized carbons (Fsp3) is 0.500. The maximum Gasteiger partial charge on any atom is 0.156 e. The van der Waals surface area contributed by atoms with Crippen LogP contribution in [0.5, 0.6) is 0 Å². The molecule has 1 saturated carbocycles. The van der Waals surface area contributed by atoms with Gasteiger partial charge in [-0.3, -0.25) is 9.59 Å². The van der Waals surface area contributed by atoms with E-state index in [-0.39, 0.29) is 5.78 Å². The van der Waals surface area contributed by atoms with Gasteiger partial charge in [0.2, 0.25) is 0 Å². The smallest absolute Gasteiger partial charge is 0.156 e. The Labute approximate surface area is 58.9 Å². The first kappa shape index (κ1) is 5.83. The van der Waals surface area contributed by atoms with Gasteiger partial charge in [-0.05, 0) is 12.0 Å². The van der Waals surface area contributed by atoms with Crippen LogP contribution < -0.4 is 0 Å². The summed E-state index contributed by atoms with van der Waals surface area (Å²) < 4.78 is 0. The molecule has 2 aliphatic carbocycles. The summed E-state index contributed by atoms with van der Waals surface area (Å²) in [7, 11) is 0. The topological polar surface area (TPSA) is 34.1 Å². The molecule has 0 aliphatic heterocycles. The average Bonchev–Trinajstić information content (AvgIpc) is 2.21. The van der Waals surface area contributed by atoms with Crippen molar-refractivity contribution < 1.29 is 9.59 Å². The molecule has 0 bridgehead atoms. The van der Waals surface area contributed by atoms with Crippen molar-refractivity contribution in [3.05, 3.63) is 11.6 Å². The van der Waals surface area contributed by atoms with Crippen LogP contribution in [-0.2, 0) is 9.59 Å². The number of allylic oxidation sites excluding steroid dienone is 2. The van der Waals surface area contributed by atoms with E-state index < -0.39 is 0 Å². The molecule has 0 spiro atoms. The van der Waals surface area contributed by atoms with Gasteiger partial charge < -0.3 is 0 Å². The molecule has 52 valence electrons. The lowest BCUT2D eigenvalue weighted by atomic mass is 10.1. The predicted molar refractivity (Wildman–Crippen MR) is 35.4 cm³/mol. The van der Waals surface area contributed by atoms with Crippen molar-refractivity contribution >= 4 is 11.6 Å². The van der Waals surface area contributed by atoms with E-state index in [1.807, 2.05) is 0 Å². The quantitative estimate of drug-likeness (QED) is 0.495. The summed E-state index contributed by atoms with van der Waals surface area (Å²) in [6.07, 6.45) is 3.38. The van der Waals surface area contributed by atoms with E-state index in [4.69, 9.17) is 0 Å². The molecule has 0 saturated heterocycles. The Bertz CT molecular complexity index is 238. The lowest BCUT2D eigenvalue weighted by Crippen LogP contribution is -1.96. The van der Waals surface area contributed by atoms with Crippen LogP contribution in [0, 0.1) is 5.92 Å². The van der Waals surface area contributed by atoms with E-state index in [0.29, 0.717) is 31.0 Å². The van der Waals surface area contributed by atoms with Gasteiger partial charge in [0.15, 0.2) is 5.78 Å². The number of hydrogen-bond donors (Lipinski definition) is 0. The Morgan fingerprint density at radius 3 is 2.80 bits per heavy atom. The van der Waals surface area contributed by atoms with Crippen LogP contribution in [0.2, 0.25) is 0 Å². The number of fused-ring (bicyclic) bond motifs is 1. The number of ketones is 2. The molecule has 0 N–H and O–H groups in total. The lowest BCUT2D eigenvalue weighted by molar-refractivity contribution is -0.117. The fourth-order valence-electron chi connectivity index (χ4n) is 1.73. The van der Waals surface area contributed by atoms with Crippen LogP contribution in [0.1, 0.15) is 19.3 Å². The molecule has 1 unspecified atom stereocenters. The van der Waals surface area contributed by atoms with Gasteiger partial charge in [-0.1, -0.05) is 5.57 Å². The minimum absolute atomic E-state index is 0.201. The third-order valence-electron chi connectivity index (χ3n) is 2.19. The summed E-state index contributed by atoms with van der Waals surface area (Å²) in [5.74, 6) is 0.788. The summed E-state index contributed by atoms with van der Waals surface area (Å²) in [5, 5.41) is 0. The van der Waals surface area contributed by atoms with Gasteiger partial charge in [-0.25, -0.2) is 0 Å². The first-order valence-electron chi connectivity index (χ1n) is 3.50. The highest BCUT2D eigenvalue weighted by molar-refractivity contribution is 5.98. The summed E-state index contributed by atoms with van der Waals surface area (Å²) in [5.41, 5.74) is 1.08. The molecule has 2 nitrogen and oxygen atoms in total. The van der Waals surface area contributed by atoms with Crippen LogP contribution in [0.25, 0.3) is 0 Å². The van der Waals surface area contributed by atoms with Crippen molar-refractivity contribution in [3.63, 3.8) is 0 Å². The maximum absolute atomic E-state index is 10.8. The standard InChI is InChI=1S/C8H8O2/c9-7-1-5-2-8(10)4-6(5)3-7/h1,6H,2-4H2. The van der Waals surface area contributed by atoms with E-state index in [1.165, 1.54) is 0 Å². The van der Waals surface area contributed by atoms with Gasteiger partial charge >= 0.3 is 0 Å². The molecule has 0 aromatic heterocycles. The van der Waals surface area contributed by atoms with Crippen LogP contribution in [0.3, 0.4) is 0 Å². The lowest BCUT2D eigenvalue weighted by Gasteiger charge is -1.96. The number of hydrogen-bond acceptors (Lipinski definition) is 2. The molecular formula is C8H8O2. The first-order valence-corrected chi connectivity index (χ1v) is 3.50. The van der Waals surface area contributed by atoms with Crippen LogP contribution >= 0.6 is 0 Å². The largest absolute Gasteiger partial charge is 0.299 e. The minimum atomic E-state index is 0.201. The Morgan fingerprint density at radius 2 is 2.10 bits per heavy atom. The van der Waals surface area contributed by atoms with Crippen molar-refractivity contribution in [2.45, 2.75) is 19.3 Å². The molecule has 1 atom stereocenters. The van der Waals surface area contributed by atoms with E-state index in [9.17, 15) is 9.59 Å². The van der Waals surface area contributed by atoms with Crippen molar-refractivity contribution in [1.29, 1.82) is 0 Å². The highest BCUT2D eigenvalue weighted by Gasteiger charge is 2.33. The highest BCUT2D eigenvalue weighted by atomic mass is 16.1. The third-order valence-corrected chi connectivity index (χ3v) is 2.19. The second kappa shape index (κ2) is 1.78. The van der Waals surface area contributed by atoms with Gasteiger partial charge in [0.05, 0.1) is 0 Å². The Morgan fingerprint density at radius 1 is 1.30 bits per heavy atom. The molecule has 2 rings (SSSR count). The number of Topliss-reactive ketones (excluding diaryl/α,β-unsaturated/α-hetero) is 1. The molecule has 2 heteroatoms. The van der Waals surface area contributed by atoms with E-state index >= 15 is 0 Å². The molecular weight excluding hydrogens is 128 g/mol. The molecule has 2 aliphatic rings. The van der Waals surface area contributed by atoms with Gasteiger partial charge in [0.1, 0.15) is 5.78 Å². The molecule has 0 amide bonds. The Kier molecular flexibility index (Phi) is 1.04. The second-order valence-corrected chi connectivity index (χ2v) is 3.01. The van der Waals surface area contributed by atoms with Crippen molar-refractivity contribution in [1.82, 2.24) is 0 Å². The van der Waals surface area contributed by atoms with Gasteiger partial charge in [-0.15, -0.1) is 0 Å². The Hall–Kier alpha value is -0.920. The number of carbonyl (C=O) groups excluding carboxylic acids is 2. The molecule has 0 radical (unpaired) electrons. The Balaban J connectivity index is 2.29. The maximum atomic E-state index is 10.8. The van der Waals surface area contributed by atoms with Crippen molar-refractivity contribution in [2.24, 2.45) is 5.92 Å². The monoisotopic (exact) mass is 136 g/mol. The minimum Gasteiger partial charge on any atom is -0.299 e. The van der Waals surface area contributed by atoms with Gasteiger partial charge in [0, 0.05) is 19.3 Å². The number of rotatable bonds is 0. The summed E-state index contributed by atoms with van der Waals surface area (Å²) in [6.45, 7) is 0. The molecule has 0 heterocycles. The zero-order valence-electron chi connectivity index (χ0n) is 5.59. The predicted octanol–water partition coefficient (Wildman–Crippen LogP) is 0.865. The highest BCUT2D eigenvalue weighted by Crippen LogP contribution is 2.35. The number of carbonyl (C=O) groups is 2. The molecule has 10 heavy (non-hydrogen) atoms. The summed E-state index contributed by atoms with van der Waals surface area (Å²) >= 11 is 0. The van der Waals surface area contributed by atoms with Crippen molar-refractivity contribution in [2.75, 3.05) is 0 Å². The molecule has 1 fully saturated rings. The van der Waals surface area contributed by atoms with Crippen LogP contribution in [0.4, 0.5) is 0 Å². The SMILES string of the molecule is O=C1C=C2CC(=O)CC2C1. The van der Waals surface area contributed by atoms with Gasteiger partial charge in [-0.2, -0.15) is 0 Å². The average molecular weight is 136 g/mol. The summed E-state index contributed by atoms with van der Waals surface area (Å²) in [4.78, 5) is 21.6. The molecule has 0 aromatic rings. The van der Waals surface area contributed by atoms with E-state index in [0.717, 1.165) is 5.57 Å². The van der Waals surface area contributed by atoms with Crippen molar-refractivity contribution in [3.8, 4) is 0 Å². The zero-order valence-corrected chi connectivity index (χ0v) is 5.59. The summed E-state index contributed by atoms with van der Waals surface area (Å²) in [6, 6.07) is 0. The second-order valence-electron chi connectivity index (χ2n) is 3.01. The van der Waals surface area contributed by atoms with Crippen LogP contribution in [0.15, 0.2) is 11.6 Å². The van der Waals surface area contributed by atoms with E-state index in [1.54, 1.807) is 6.08 Å². The van der Waals surface area contributed by atoms with Gasteiger partial charge in [0.25, 0.3) is 0 Å². The first-order chi connectivity index (χ1) is 4.75.